The summed E-state index contributed by atoms with van der Waals surface area (Å²) < 4.78 is 1.10. The molecule has 0 aliphatic carbocycles. The summed E-state index contributed by atoms with van der Waals surface area (Å²) in [6.45, 7) is 6.21. The van der Waals surface area contributed by atoms with Crippen molar-refractivity contribution in [2.24, 2.45) is 0 Å². The van der Waals surface area contributed by atoms with Crippen LogP contribution in [0.3, 0.4) is 0 Å². The Morgan fingerprint density at radius 1 is 1.22 bits per heavy atom. The summed E-state index contributed by atoms with van der Waals surface area (Å²) in [5, 5.41) is 3.39. The van der Waals surface area contributed by atoms with Crippen LogP contribution in [-0.4, -0.2) is 61.0 Å². The van der Waals surface area contributed by atoms with E-state index >= 15 is 0 Å². The first-order valence-corrected chi connectivity index (χ1v) is 8.99. The van der Waals surface area contributed by atoms with E-state index in [0.29, 0.717) is 18.4 Å². The van der Waals surface area contributed by atoms with E-state index in [1.165, 1.54) is 5.56 Å². The predicted molar refractivity (Wildman–Crippen MR) is 99.1 cm³/mol. The largest absolute Gasteiger partial charge is 0.341 e. The number of nitrogens with one attached hydrogen (secondary N) is 1. The smallest absolute Gasteiger partial charge is 0.222 e. The van der Waals surface area contributed by atoms with Gasteiger partial charge in [0.2, 0.25) is 5.91 Å². The highest BCUT2D eigenvalue weighted by Crippen LogP contribution is 2.20. The number of nitrogens with zero attached hydrogens (tertiary/aromatic N) is 2. The average molecular weight is 403 g/mol. The molecule has 1 unspecified atom stereocenters. The summed E-state index contributed by atoms with van der Waals surface area (Å²) in [6, 6.07) is 8.73. The quantitative estimate of drug-likeness (QED) is 0.839. The number of carbonyl (C=O) groups excluding carboxylic acids is 1. The molecule has 0 spiro atoms. The van der Waals surface area contributed by atoms with Crippen LogP contribution in [0.4, 0.5) is 0 Å². The summed E-state index contributed by atoms with van der Waals surface area (Å²) in [5.41, 5.74) is 1.22. The Hall–Kier alpha value is -0.620. The Morgan fingerprint density at radius 2 is 1.96 bits per heavy atom. The normalized spacial score (nSPS) is 22.0. The Kier molecular flexibility index (Phi) is 7.34. The third kappa shape index (κ3) is 4.92. The second-order valence-electron chi connectivity index (χ2n) is 6.16. The lowest BCUT2D eigenvalue weighted by Gasteiger charge is -2.32. The van der Waals surface area contributed by atoms with Crippen molar-refractivity contribution in [2.45, 2.75) is 25.3 Å². The number of hydrogen-bond acceptors (Lipinski definition) is 3. The summed E-state index contributed by atoms with van der Waals surface area (Å²) >= 11 is 3.55. The highest BCUT2D eigenvalue weighted by atomic mass is 79.9. The predicted octanol–water partition coefficient (Wildman–Crippen LogP) is 2.31. The van der Waals surface area contributed by atoms with Crippen molar-refractivity contribution in [3.05, 3.63) is 34.3 Å². The molecule has 4 nitrogen and oxygen atoms in total. The maximum atomic E-state index is 12.4. The molecule has 3 rings (SSSR count). The summed E-state index contributed by atoms with van der Waals surface area (Å²) in [5.74, 6) is 0.299. The van der Waals surface area contributed by atoms with Crippen molar-refractivity contribution in [3.63, 3.8) is 0 Å². The van der Waals surface area contributed by atoms with Gasteiger partial charge >= 0.3 is 0 Å². The Balaban J connectivity index is 0.00000192. The van der Waals surface area contributed by atoms with Gasteiger partial charge in [-0.25, -0.2) is 0 Å². The lowest BCUT2D eigenvalue weighted by atomic mass is 10.1. The Labute approximate surface area is 153 Å². The average Bonchev–Trinajstić information content (AvgIpc) is 3.05. The van der Waals surface area contributed by atoms with Gasteiger partial charge in [0, 0.05) is 56.2 Å². The molecule has 0 bridgehead atoms. The molecule has 128 valence electrons. The van der Waals surface area contributed by atoms with Gasteiger partial charge in [0.25, 0.3) is 0 Å². The van der Waals surface area contributed by atoms with Gasteiger partial charge < -0.3 is 10.2 Å². The molecule has 2 saturated heterocycles. The Morgan fingerprint density at radius 3 is 2.70 bits per heavy atom. The van der Waals surface area contributed by atoms with Gasteiger partial charge in [0.05, 0.1) is 0 Å². The van der Waals surface area contributed by atoms with Crippen molar-refractivity contribution in [3.8, 4) is 0 Å². The van der Waals surface area contributed by atoms with Gasteiger partial charge in [-0.15, -0.1) is 12.4 Å². The number of rotatable bonds is 4. The standard InChI is InChI=1S/C17H24BrN3O.ClH/c18-16-4-2-1-3-14(16)5-6-17(22)21-10-7-15(13-21)20-11-8-19-9-12-20;/h1-4,15,19H,5-13H2;1H. The van der Waals surface area contributed by atoms with Crippen molar-refractivity contribution in [1.29, 1.82) is 0 Å². The van der Waals surface area contributed by atoms with Gasteiger partial charge in [-0.1, -0.05) is 34.1 Å². The van der Waals surface area contributed by atoms with Gasteiger partial charge in [0.1, 0.15) is 0 Å². The van der Waals surface area contributed by atoms with Crippen LogP contribution >= 0.6 is 28.3 Å². The second-order valence-corrected chi connectivity index (χ2v) is 7.01. The minimum atomic E-state index is 0. The maximum Gasteiger partial charge on any atom is 0.222 e. The van der Waals surface area contributed by atoms with E-state index in [1.807, 2.05) is 18.2 Å². The summed E-state index contributed by atoms with van der Waals surface area (Å²) in [7, 11) is 0. The first-order valence-electron chi connectivity index (χ1n) is 8.20. The minimum absolute atomic E-state index is 0. The minimum Gasteiger partial charge on any atom is -0.341 e. The van der Waals surface area contributed by atoms with Crippen molar-refractivity contribution in [2.75, 3.05) is 39.3 Å². The molecule has 0 saturated carbocycles. The molecule has 2 heterocycles. The fourth-order valence-electron chi connectivity index (χ4n) is 3.41. The van der Waals surface area contributed by atoms with E-state index in [4.69, 9.17) is 0 Å². The van der Waals surface area contributed by atoms with Gasteiger partial charge in [-0.2, -0.15) is 0 Å². The van der Waals surface area contributed by atoms with Crippen LogP contribution in [0.25, 0.3) is 0 Å². The number of likely N-dealkylation sites (tertiary alicyclic amines) is 1. The number of benzene rings is 1. The van der Waals surface area contributed by atoms with Crippen molar-refractivity contribution >= 4 is 34.2 Å². The van der Waals surface area contributed by atoms with Crippen LogP contribution in [0.15, 0.2) is 28.7 Å². The molecule has 2 fully saturated rings. The SMILES string of the molecule is Cl.O=C(CCc1ccccc1Br)N1CCC(N2CCNCC2)C1. The maximum absolute atomic E-state index is 12.4. The fraction of sp³-hybridized carbons (Fsp3) is 0.588. The summed E-state index contributed by atoms with van der Waals surface area (Å²) in [6.07, 6.45) is 2.55. The van der Waals surface area contributed by atoms with E-state index in [0.717, 1.165) is 56.6 Å². The molecule has 0 radical (unpaired) electrons. The van der Waals surface area contributed by atoms with Crippen LogP contribution in [0.2, 0.25) is 0 Å². The molecule has 2 aliphatic heterocycles. The molecule has 1 amide bonds. The molecule has 6 heteroatoms. The zero-order chi connectivity index (χ0) is 15.4. The van der Waals surface area contributed by atoms with E-state index in [1.54, 1.807) is 0 Å². The third-order valence-electron chi connectivity index (χ3n) is 4.75. The molecule has 0 aromatic heterocycles. The molecule has 1 N–H and O–H groups in total. The monoisotopic (exact) mass is 401 g/mol. The van der Waals surface area contributed by atoms with E-state index in [-0.39, 0.29) is 12.4 Å². The summed E-state index contributed by atoms with van der Waals surface area (Å²) in [4.78, 5) is 17.0. The third-order valence-corrected chi connectivity index (χ3v) is 5.52. The second kappa shape index (κ2) is 9.02. The molecular weight excluding hydrogens is 378 g/mol. The van der Waals surface area contributed by atoms with Crippen LogP contribution < -0.4 is 5.32 Å². The van der Waals surface area contributed by atoms with E-state index in [2.05, 4.69) is 37.1 Å². The Bertz CT molecular complexity index is 522. The lowest BCUT2D eigenvalue weighted by molar-refractivity contribution is -0.130. The lowest BCUT2D eigenvalue weighted by Crippen LogP contribution is -2.49. The van der Waals surface area contributed by atoms with Crippen LogP contribution in [0.5, 0.6) is 0 Å². The van der Waals surface area contributed by atoms with Gasteiger partial charge in [0.15, 0.2) is 0 Å². The molecule has 1 aromatic carbocycles. The number of halogens is 2. The van der Waals surface area contributed by atoms with Gasteiger partial charge in [-0.3, -0.25) is 9.69 Å². The topological polar surface area (TPSA) is 35.6 Å². The highest BCUT2D eigenvalue weighted by molar-refractivity contribution is 9.10. The number of piperazine rings is 1. The first kappa shape index (κ1) is 18.7. The fourth-order valence-corrected chi connectivity index (χ4v) is 3.90. The van der Waals surface area contributed by atoms with E-state index < -0.39 is 0 Å². The number of amides is 1. The molecular formula is C17H25BrClN3O. The first-order chi connectivity index (χ1) is 10.7. The highest BCUT2D eigenvalue weighted by Gasteiger charge is 2.30. The number of carbonyl (C=O) groups is 1. The molecule has 1 aromatic rings. The molecule has 1 atom stereocenters. The molecule has 2 aliphatic rings. The number of aryl methyl sites for hydroxylation is 1. The van der Waals surface area contributed by atoms with Gasteiger partial charge in [-0.05, 0) is 24.5 Å². The van der Waals surface area contributed by atoms with Crippen molar-refractivity contribution < 1.29 is 4.79 Å². The zero-order valence-electron chi connectivity index (χ0n) is 13.3. The van der Waals surface area contributed by atoms with Crippen LogP contribution in [0, 0.1) is 0 Å². The van der Waals surface area contributed by atoms with E-state index in [9.17, 15) is 4.79 Å². The van der Waals surface area contributed by atoms with Crippen LogP contribution in [0.1, 0.15) is 18.4 Å². The number of hydrogen-bond donors (Lipinski definition) is 1. The zero-order valence-corrected chi connectivity index (χ0v) is 15.7. The molecule has 23 heavy (non-hydrogen) atoms. The van der Waals surface area contributed by atoms with Crippen molar-refractivity contribution in [1.82, 2.24) is 15.1 Å². The van der Waals surface area contributed by atoms with Crippen LogP contribution in [-0.2, 0) is 11.2 Å².